The predicted octanol–water partition coefficient (Wildman–Crippen LogP) is 1.91. The number of nitriles is 1. The molecule has 1 aromatic rings. The van der Waals surface area contributed by atoms with Crippen LogP contribution in [0.3, 0.4) is 0 Å². The summed E-state index contributed by atoms with van der Waals surface area (Å²) in [5, 5.41) is 8.78. The van der Waals surface area contributed by atoms with Gasteiger partial charge in [-0.15, -0.1) is 0 Å². The van der Waals surface area contributed by atoms with Gasteiger partial charge >= 0.3 is 0 Å². The van der Waals surface area contributed by atoms with Crippen molar-refractivity contribution in [1.82, 2.24) is 0 Å². The van der Waals surface area contributed by atoms with Crippen LogP contribution in [0.5, 0.6) is 0 Å². The van der Waals surface area contributed by atoms with Gasteiger partial charge in [-0.1, -0.05) is 24.3 Å². The molecule has 0 aromatic heterocycles. The second-order valence-electron chi connectivity index (χ2n) is 2.84. The summed E-state index contributed by atoms with van der Waals surface area (Å²) in [6.07, 6.45) is 0. The molecule has 0 aliphatic carbocycles. The SMILES string of the molecule is CC(C#N)c1ccccc1CO[Si]. The Labute approximate surface area is 81.7 Å². The molecule has 0 amide bonds. The summed E-state index contributed by atoms with van der Waals surface area (Å²) in [7, 11) is 2.95. The van der Waals surface area contributed by atoms with Crippen molar-refractivity contribution in [3.8, 4) is 6.07 Å². The zero-order valence-electron chi connectivity index (χ0n) is 7.45. The van der Waals surface area contributed by atoms with Crippen LogP contribution in [0.2, 0.25) is 0 Å². The molecule has 0 saturated carbocycles. The molecule has 0 N–H and O–H groups in total. The molecule has 1 atom stereocenters. The molecule has 1 rings (SSSR count). The molecular formula is C10H10NOSi. The van der Waals surface area contributed by atoms with Crippen molar-refractivity contribution in [3.05, 3.63) is 35.4 Å². The third-order valence-electron chi connectivity index (χ3n) is 1.94. The molecule has 0 aliphatic heterocycles. The minimum Gasteiger partial charge on any atom is -0.414 e. The topological polar surface area (TPSA) is 33.0 Å². The monoisotopic (exact) mass is 188 g/mol. The molecule has 0 fully saturated rings. The van der Waals surface area contributed by atoms with Gasteiger partial charge < -0.3 is 4.43 Å². The number of benzene rings is 1. The fraction of sp³-hybridized carbons (Fsp3) is 0.300. The predicted molar refractivity (Wildman–Crippen MR) is 51.0 cm³/mol. The van der Waals surface area contributed by atoms with Crippen LogP contribution in [0, 0.1) is 11.3 Å². The van der Waals surface area contributed by atoms with E-state index in [1.165, 1.54) is 0 Å². The maximum Gasteiger partial charge on any atom is 0.246 e. The number of nitrogens with zero attached hydrogens (tertiary/aromatic N) is 1. The molecular weight excluding hydrogens is 178 g/mol. The van der Waals surface area contributed by atoms with Crippen molar-refractivity contribution in [2.24, 2.45) is 0 Å². The Morgan fingerprint density at radius 1 is 1.54 bits per heavy atom. The minimum absolute atomic E-state index is 0.0852. The Balaban J connectivity index is 2.98. The number of hydrogen-bond donors (Lipinski definition) is 0. The average molecular weight is 188 g/mol. The highest BCUT2D eigenvalue weighted by atomic mass is 28.2. The first-order valence-corrected chi connectivity index (χ1v) is 4.46. The van der Waals surface area contributed by atoms with E-state index in [1.807, 2.05) is 31.2 Å². The quantitative estimate of drug-likeness (QED) is 0.679. The van der Waals surface area contributed by atoms with E-state index in [4.69, 9.17) is 9.69 Å². The largest absolute Gasteiger partial charge is 0.414 e. The fourth-order valence-corrected chi connectivity index (χ4v) is 1.39. The van der Waals surface area contributed by atoms with Gasteiger partial charge in [0.1, 0.15) is 0 Å². The van der Waals surface area contributed by atoms with Crippen LogP contribution in [-0.4, -0.2) is 10.5 Å². The maximum atomic E-state index is 8.78. The van der Waals surface area contributed by atoms with Crippen LogP contribution < -0.4 is 0 Å². The van der Waals surface area contributed by atoms with Gasteiger partial charge in [-0.2, -0.15) is 5.26 Å². The third kappa shape index (κ3) is 2.41. The highest BCUT2D eigenvalue weighted by Crippen LogP contribution is 2.19. The van der Waals surface area contributed by atoms with Crippen LogP contribution >= 0.6 is 0 Å². The summed E-state index contributed by atoms with van der Waals surface area (Å²) in [6.45, 7) is 2.37. The van der Waals surface area contributed by atoms with Crippen molar-refractivity contribution < 1.29 is 4.43 Å². The van der Waals surface area contributed by atoms with Crippen LogP contribution in [0.1, 0.15) is 24.0 Å². The summed E-state index contributed by atoms with van der Waals surface area (Å²) in [4.78, 5) is 0. The lowest BCUT2D eigenvalue weighted by Crippen LogP contribution is -1.98. The molecule has 1 unspecified atom stereocenters. The van der Waals surface area contributed by atoms with Crippen molar-refractivity contribution in [1.29, 1.82) is 5.26 Å². The second kappa shape index (κ2) is 4.80. The number of hydrogen-bond acceptors (Lipinski definition) is 2. The van der Waals surface area contributed by atoms with Crippen molar-refractivity contribution in [2.45, 2.75) is 19.4 Å². The Morgan fingerprint density at radius 2 is 2.23 bits per heavy atom. The minimum atomic E-state index is -0.0852. The lowest BCUT2D eigenvalue weighted by Gasteiger charge is -2.09. The van der Waals surface area contributed by atoms with Gasteiger partial charge in [-0.3, -0.25) is 0 Å². The molecule has 2 nitrogen and oxygen atoms in total. The van der Waals surface area contributed by atoms with E-state index < -0.39 is 0 Å². The van der Waals surface area contributed by atoms with Gasteiger partial charge in [0.05, 0.1) is 18.6 Å². The van der Waals surface area contributed by atoms with Gasteiger partial charge in [0.15, 0.2) is 0 Å². The average Bonchev–Trinajstić information content (AvgIpc) is 2.18. The van der Waals surface area contributed by atoms with Crippen molar-refractivity contribution >= 4 is 10.5 Å². The van der Waals surface area contributed by atoms with E-state index in [2.05, 4.69) is 16.6 Å². The zero-order valence-corrected chi connectivity index (χ0v) is 8.45. The summed E-state index contributed by atoms with van der Waals surface area (Å²) in [5.74, 6) is -0.0852. The Kier molecular flexibility index (Phi) is 3.68. The van der Waals surface area contributed by atoms with Crippen molar-refractivity contribution in [3.63, 3.8) is 0 Å². The van der Waals surface area contributed by atoms with Gasteiger partial charge in [-0.05, 0) is 18.1 Å². The standard InChI is InChI=1S/C10H10NOSi/c1-8(6-11)10-5-3-2-4-9(10)7-12-13/h2-5,8H,7H2,1H3. The maximum absolute atomic E-state index is 8.78. The van der Waals surface area contributed by atoms with Gasteiger partial charge in [-0.25, -0.2) is 0 Å². The molecule has 1 aromatic carbocycles. The molecule has 3 heteroatoms. The van der Waals surface area contributed by atoms with E-state index in [1.54, 1.807) is 0 Å². The lowest BCUT2D eigenvalue weighted by molar-refractivity contribution is 0.337. The van der Waals surface area contributed by atoms with Crippen molar-refractivity contribution in [2.75, 3.05) is 0 Å². The van der Waals surface area contributed by atoms with Crippen LogP contribution in [-0.2, 0) is 11.0 Å². The van der Waals surface area contributed by atoms with E-state index in [-0.39, 0.29) is 5.92 Å². The molecule has 0 spiro atoms. The fourth-order valence-electron chi connectivity index (χ4n) is 1.24. The second-order valence-corrected chi connectivity index (χ2v) is 3.13. The summed E-state index contributed by atoms with van der Waals surface area (Å²) in [6, 6.07) is 9.99. The Hall–Kier alpha value is -1.11. The molecule has 0 aliphatic rings. The first-order valence-electron chi connectivity index (χ1n) is 4.05. The molecule has 0 bridgehead atoms. The van der Waals surface area contributed by atoms with Crippen LogP contribution in [0.4, 0.5) is 0 Å². The zero-order chi connectivity index (χ0) is 9.68. The Morgan fingerprint density at radius 3 is 2.85 bits per heavy atom. The van der Waals surface area contributed by atoms with Gasteiger partial charge in [0.2, 0.25) is 10.5 Å². The molecule has 0 saturated heterocycles. The van der Waals surface area contributed by atoms with E-state index in [0.717, 1.165) is 11.1 Å². The van der Waals surface area contributed by atoms with Gasteiger partial charge in [0.25, 0.3) is 0 Å². The van der Waals surface area contributed by atoms with Gasteiger partial charge in [0, 0.05) is 0 Å². The lowest BCUT2D eigenvalue weighted by atomic mass is 9.97. The number of rotatable bonds is 3. The first-order chi connectivity index (χ1) is 6.29. The summed E-state index contributed by atoms with van der Waals surface area (Å²) >= 11 is 0. The smallest absolute Gasteiger partial charge is 0.246 e. The highest BCUT2D eigenvalue weighted by Gasteiger charge is 2.07. The molecule has 65 valence electrons. The third-order valence-corrected chi connectivity index (χ3v) is 2.09. The molecule has 13 heavy (non-hydrogen) atoms. The van der Waals surface area contributed by atoms with E-state index >= 15 is 0 Å². The normalized spacial score (nSPS) is 12.1. The highest BCUT2D eigenvalue weighted by molar-refractivity contribution is 5.97. The van der Waals surface area contributed by atoms with E-state index in [0.29, 0.717) is 6.61 Å². The molecule has 0 heterocycles. The first kappa shape index (κ1) is 9.97. The summed E-state index contributed by atoms with van der Waals surface area (Å²) in [5.41, 5.74) is 2.08. The summed E-state index contributed by atoms with van der Waals surface area (Å²) < 4.78 is 4.86. The van der Waals surface area contributed by atoms with Crippen LogP contribution in [0.25, 0.3) is 0 Å². The molecule has 3 radical (unpaired) electrons. The van der Waals surface area contributed by atoms with E-state index in [9.17, 15) is 0 Å². The van der Waals surface area contributed by atoms with Crippen LogP contribution in [0.15, 0.2) is 24.3 Å². The Bertz CT molecular complexity index is 319.